The second-order valence-electron chi connectivity index (χ2n) is 3.56. The molecule has 0 aromatic heterocycles. The van der Waals surface area contributed by atoms with Crippen LogP contribution in [0.2, 0.25) is 0 Å². The van der Waals surface area contributed by atoms with Crippen molar-refractivity contribution >= 4 is 17.9 Å². The van der Waals surface area contributed by atoms with E-state index in [1.165, 1.54) is 7.05 Å². The molecular formula is C10H19N3O4. The van der Waals surface area contributed by atoms with Crippen molar-refractivity contribution in [1.29, 1.82) is 0 Å². The van der Waals surface area contributed by atoms with Crippen LogP contribution in [-0.2, 0) is 9.59 Å². The molecule has 0 aromatic rings. The Morgan fingerprint density at radius 2 is 1.88 bits per heavy atom. The molecule has 7 heteroatoms. The van der Waals surface area contributed by atoms with Crippen LogP contribution in [0.1, 0.15) is 20.3 Å². The van der Waals surface area contributed by atoms with E-state index in [0.717, 1.165) is 4.90 Å². The zero-order valence-corrected chi connectivity index (χ0v) is 10.3. The Labute approximate surface area is 100 Å². The highest BCUT2D eigenvalue weighted by Gasteiger charge is 2.20. The maximum absolute atomic E-state index is 11.5. The van der Waals surface area contributed by atoms with Crippen molar-refractivity contribution < 1.29 is 19.5 Å². The number of hydrogen-bond acceptors (Lipinski definition) is 3. The Morgan fingerprint density at radius 3 is 2.29 bits per heavy atom. The van der Waals surface area contributed by atoms with Gasteiger partial charge in [-0.05, 0) is 13.3 Å². The number of carboxylic acid groups (broad SMARTS) is 1. The fraction of sp³-hybridized carbons (Fsp3) is 0.700. The minimum Gasteiger partial charge on any atom is -0.480 e. The second kappa shape index (κ2) is 7.48. The van der Waals surface area contributed by atoms with E-state index in [-0.39, 0.29) is 18.9 Å². The molecule has 0 fully saturated rings. The summed E-state index contributed by atoms with van der Waals surface area (Å²) in [6.45, 7) is 3.81. The number of nitrogens with zero attached hydrogens (tertiary/aromatic N) is 1. The molecule has 3 N–H and O–H groups in total. The van der Waals surface area contributed by atoms with E-state index in [0.29, 0.717) is 6.54 Å². The zero-order chi connectivity index (χ0) is 13.4. The van der Waals surface area contributed by atoms with Gasteiger partial charge >= 0.3 is 12.0 Å². The maximum atomic E-state index is 11.5. The Morgan fingerprint density at radius 1 is 1.29 bits per heavy atom. The van der Waals surface area contributed by atoms with Gasteiger partial charge in [0.25, 0.3) is 0 Å². The van der Waals surface area contributed by atoms with Crippen molar-refractivity contribution in [2.75, 3.05) is 20.1 Å². The normalized spacial score (nSPS) is 11.5. The van der Waals surface area contributed by atoms with E-state index in [9.17, 15) is 14.4 Å². The van der Waals surface area contributed by atoms with Gasteiger partial charge in [0, 0.05) is 13.6 Å². The van der Waals surface area contributed by atoms with Crippen molar-refractivity contribution in [3.05, 3.63) is 0 Å². The molecule has 0 unspecified atom stereocenters. The van der Waals surface area contributed by atoms with Gasteiger partial charge < -0.3 is 20.6 Å². The summed E-state index contributed by atoms with van der Waals surface area (Å²) < 4.78 is 0. The van der Waals surface area contributed by atoms with Gasteiger partial charge in [-0.15, -0.1) is 0 Å². The number of carboxylic acids is 1. The summed E-state index contributed by atoms with van der Waals surface area (Å²) in [5.74, 6) is -1.37. The van der Waals surface area contributed by atoms with E-state index < -0.39 is 18.0 Å². The number of aliphatic carboxylic acids is 1. The van der Waals surface area contributed by atoms with Crippen LogP contribution in [0.3, 0.4) is 0 Å². The van der Waals surface area contributed by atoms with Crippen LogP contribution in [0.25, 0.3) is 0 Å². The quantitative estimate of drug-likeness (QED) is 0.594. The topological polar surface area (TPSA) is 98.7 Å². The van der Waals surface area contributed by atoms with E-state index in [2.05, 4.69) is 10.6 Å². The molecule has 0 rings (SSSR count). The smallest absolute Gasteiger partial charge is 0.326 e. The van der Waals surface area contributed by atoms with E-state index in [4.69, 9.17) is 5.11 Å². The molecular weight excluding hydrogens is 226 g/mol. The molecule has 0 aromatic carbocycles. The van der Waals surface area contributed by atoms with Gasteiger partial charge in [0.1, 0.15) is 12.6 Å². The molecule has 0 saturated heterocycles. The van der Waals surface area contributed by atoms with E-state index in [1.807, 2.05) is 0 Å². The number of carbonyl (C=O) groups excluding carboxylic acids is 2. The highest BCUT2D eigenvalue weighted by Crippen LogP contribution is 1.93. The summed E-state index contributed by atoms with van der Waals surface area (Å²) in [6, 6.07) is -1.51. The SMILES string of the molecule is CCNC(=O)CN(C)C(=O)N[C@@H](CC)C(=O)O. The van der Waals surface area contributed by atoms with Crippen LogP contribution in [0, 0.1) is 0 Å². The minimum absolute atomic E-state index is 0.101. The molecule has 0 radical (unpaired) electrons. The molecule has 0 aliphatic heterocycles. The van der Waals surface area contributed by atoms with Gasteiger partial charge in [0.15, 0.2) is 0 Å². The van der Waals surface area contributed by atoms with Crippen LogP contribution in [0.4, 0.5) is 4.79 Å². The Balaban J connectivity index is 4.21. The van der Waals surface area contributed by atoms with Gasteiger partial charge in [0.2, 0.25) is 5.91 Å². The molecule has 1 atom stereocenters. The molecule has 0 aliphatic carbocycles. The molecule has 0 spiro atoms. The summed E-state index contributed by atoms with van der Waals surface area (Å²) in [5.41, 5.74) is 0. The summed E-state index contributed by atoms with van der Waals surface area (Å²) in [4.78, 5) is 34.6. The van der Waals surface area contributed by atoms with Gasteiger partial charge in [0.05, 0.1) is 0 Å². The molecule has 0 bridgehead atoms. The van der Waals surface area contributed by atoms with Gasteiger partial charge in [-0.1, -0.05) is 6.92 Å². The van der Waals surface area contributed by atoms with Crippen molar-refractivity contribution in [3.8, 4) is 0 Å². The Kier molecular flexibility index (Phi) is 6.69. The number of rotatable bonds is 6. The number of carbonyl (C=O) groups is 3. The average molecular weight is 245 g/mol. The molecule has 98 valence electrons. The van der Waals surface area contributed by atoms with Crippen LogP contribution < -0.4 is 10.6 Å². The van der Waals surface area contributed by atoms with Crippen LogP contribution in [0.15, 0.2) is 0 Å². The highest BCUT2D eigenvalue weighted by molar-refractivity contribution is 5.86. The summed E-state index contributed by atoms with van der Waals surface area (Å²) in [6.07, 6.45) is 0.288. The predicted molar refractivity (Wildman–Crippen MR) is 61.6 cm³/mol. The van der Waals surface area contributed by atoms with Gasteiger partial charge in [-0.25, -0.2) is 9.59 Å². The lowest BCUT2D eigenvalue weighted by Crippen LogP contribution is -2.48. The van der Waals surface area contributed by atoms with Crippen molar-refractivity contribution in [2.24, 2.45) is 0 Å². The van der Waals surface area contributed by atoms with E-state index >= 15 is 0 Å². The summed E-state index contributed by atoms with van der Waals surface area (Å²) >= 11 is 0. The lowest BCUT2D eigenvalue weighted by molar-refractivity contribution is -0.139. The number of likely N-dealkylation sites (N-methyl/N-ethyl adjacent to an activating group) is 2. The summed E-state index contributed by atoms with van der Waals surface area (Å²) in [7, 11) is 1.43. The third-order valence-corrected chi connectivity index (χ3v) is 2.11. The lowest BCUT2D eigenvalue weighted by Gasteiger charge is -2.20. The fourth-order valence-corrected chi connectivity index (χ4v) is 1.14. The highest BCUT2D eigenvalue weighted by atomic mass is 16.4. The Bertz CT molecular complexity index is 293. The minimum atomic E-state index is -1.09. The largest absolute Gasteiger partial charge is 0.480 e. The molecule has 17 heavy (non-hydrogen) atoms. The molecule has 0 heterocycles. The van der Waals surface area contributed by atoms with Crippen molar-refractivity contribution in [3.63, 3.8) is 0 Å². The van der Waals surface area contributed by atoms with Crippen molar-refractivity contribution in [2.45, 2.75) is 26.3 Å². The first-order valence-electron chi connectivity index (χ1n) is 5.43. The number of hydrogen-bond donors (Lipinski definition) is 3. The standard InChI is InChI=1S/C10H19N3O4/c1-4-7(9(15)16)12-10(17)13(3)6-8(14)11-5-2/h7H,4-6H2,1-3H3,(H,11,14)(H,12,17)(H,15,16)/t7-/m0/s1. The van der Waals surface area contributed by atoms with E-state index in [1.54, 1.807) is 13.8 Å². The fourth-order valence-electron chi connectivity index (χ4n) is 1.14. The summed E-state index contributed by atoms with van der Waals surface area (Å²) in [5, 5.41) is 13.6. The van der Waals surface area contributed by atoms with Gasteiger partial charge in [-0.2, -0.15) is 0 Å². The maximum Gasteiger partial charge on any atom is 0.326 e. The number of amides is 3. The number of urea groups is 1. The van der Waals surface area contributed by atoms with Crippen LogP contribution in [0.5, 0.6) is 0 Å². The predicted octanol–water partition coefficient (Wildman–Crippen LogP) is -0.373. The first-order valence-corrected chi connectivity index (χ1v) is 5.43. The first kappa shape index (κ1) is 15.2. The molecule has 7 nitrogen and oxygen atoms in total. The second-order valence-corrected chi connectivity index (χ2v) is 3.56. The molecule has 3 amide bonds. The third-order valence-electron chi connectivity index (χ3n) is 2.11. The zero-order valence-electron chi connectivity index (χ0n) is 10.3. The monoisotopic (exact) mass is 245 g/mol. The van der Waals surface area contributed by atoms with Crippen molar-refractivity contribution in [1.82, 2.24) is 15.5 Å². The number of nitrogens with one attached hydrogen (secondary N) is 2. The Hall–Kier alpha value is -1.79. The van der Waals surface area contributed by atoms with Crippen LogP contribution in [-0.4, -0.2) is 54.1 Å². The van der Waals surface area contributed by atoms with Gasteiger partial charge in [-0.3, -0.25) is 4.79 Å². The molecule has 0 saturated carbocycles. The third kappa shape index (κ3) is 5.74. The molecule has 0 aliphatic rings. The van der Waals surface area contributed by atoms with Crippen LogP contribution >= 0.6 is 0 Å². The average Bonchev–Trinajstić information content (AvgIpc) is 2.25. The lowest BCUT2D eigenvalue weighted by atomic mass is 10.2. The first-order chi connectivity index (χ1) is 7.92.